The highest BCUT2D eigenvalue weighted by atomic mass is 16.4. The number of furan rings is 1. The van der Waals surface area contributed by atoms with Crippen LogP contribution in [-0.2, 0) is 6.42 Å². The molecular formula is C14H12O3. The van der Waals surface area contributed by atoms with Crippen molar-refractivity contribution in [3.8, 4) is 0 Å². The zero-order chi connectivity index (χ0) is 12.0. The summed E-state index contributed by atoms with van der Waals surface area (Å²) in [6.45, 7) is 3.95. The van der Waals surface area contributed by atoms with Gasteiger partial charge >= 0.3 is 5.63 Å². The van der Waals surface area contributed by atoms with Gasteiger partial charge in [0.15, 0.2) is 0 Å². The Morgan fingerprint density at radius 3 is 2.82 bits per heavy atom. The van der Waals surface area contributed by atoms with Crippen LogP contribution in [0.2, 0.25) is 0 Å². The molecule has 3 heteroatoms. The van der Waals surface area contributed by atoms with Gasteiger partial charge in [-0.25, -0.2) is 4.79 Å². The van der Waals surface area contributed by atoms with Gasteiger partial charge in [0.1, 0.15) is 11.2 Å². The van der Waals surface area contributed by atoms with Crippen LogP contribution in [0.5, 0.6) is 0 Å². The molecule has 86 valence electrons. The predicted molar refractivity (Wildman–Crippen MR) is 66.4 cm³/mol. The Bertz CT molecular complexity index is 762. The number of hydrogen-bond acceptors (Lipinski definition) is 3. The van der Waals surface area contributed by atoms with Crippen LogP contribution in [0.3, 0.4) is 0 Å². The van der Waals surface area contributed by atoms with Gasteiger partial charge in [-0.2, -0.15) is 0 Å². The van der Waals surface area contributed by atoms with Gasteiger partial charge in [0.25, 0.3) is 0 Å². The molecule has 0 saturated heterocycles. The molecule has 2 aromatic heterocycles. The summed E-state index contributed by atoms with van der Waals surface area (Å²) < 4.78 is 10.8. The first kappa shape index (κ1) is 10.1. The summed E-state index contributed by atoms with van der Waals surface area (Å²) in [7, 11) is 0. The van der Waals surface area contributed by atoms with Gasteiger partial charge in [-0.1, -0.05) is 6.92 Å². The normalized spacial score (nSPS) is 11.4. The van der Waals surface area contributed by atoms with Crippen molar-refractivity contribution in [3.05, 3.63) is 46.0 Å². The van der Waals surface area contributed by atoms with Crippen molar-refractivity contribution in [2.45, 2.75) is 20.3 Å². The highest BCUT2D eigenvalue weighted by Crippen LogP contribution is 2.30. The van der Waals surface area contributed by atoms with Crippen LogP contribution in [-0.4, -0.2) is 0 Å². The first-order valence-electron chi connectivity index (χ1n) is 5.64. The van der Waals surface area contributed by atoms with Gasteiger partial charge in [-0.15, -0.1) is 0 Å². The van der Waals surface area contributed by atoms with Crippen LogP contribution in [0.4, 0.5) is 0 Å². The lowest BCUT2D eigenvalue weighted by Gasteiger charge is -2.05. The lowest BCUT2D eigenvalue weighted by atomic mass is 10.0. The number of fused-ring (bicyclic) bond motifs is 2. The molecule has 3 nitrogen and oxygen atoms in total. The van der Waals surface area contributed by atoms with E-state index in [0.29, 0.717) is 5.58 Å². The van der Waals surface area contributed by atoms with E-state index in [0.717, 1.165) is 33.9 Å². The summed E-state index contributed by atoms with van der Waals surface area (Å²) in [6.07, 6.45) is 2.43. The van der Waals surface area contributed by atoms with Gasteiger partial charge in [-0.3, -0.25) is 0 Å². The molecule has 0 saturated carbocycles. The minimum Gasteiger partial charge on any atom is -0.464 e. The minimum absolute atomic E-state index is 0.310. The molecule has 0 fully saturated rings. The molecule has 0 aliphatic heterocycles. The SMILES string of the molecule is CCc1c2occc2cc2c(C)cc(=O)oc12. The lowest BCUT2D eigenvalue weighted by molar-refractivity contribution is 0.553. The summed E-state index contributed by atoms with van der Waals surface area (Å²) in [5.74, 6) is 0. The zero-order valence-electron chi connectivity index (χ0n) is 9.74. The van der Waals surface area contributed by atoms with Crippen molar-refractivity contribution in [2.75, 3.05) is 0 Å². The molecule has 17 heavy (non-hydrogen) atoms. The number of rotatable bonds is 1. The fraction of sp³-hybridized carbons (Fsp3) is 0.214. The molecule has 0 spiro atoms. The van der Waals surface area contributed by atoms with E-state index in [9.17, 15) is 4.79 Å². The van der Waals surface area contributed by atoms with E-state index in [1.54, 1.807) is 6.26 Å². The van der Waals surface area contributed by atoms with Crippen LogP contribution in [0.1, 0.15) is 18.1 Å². The fourth-order valence-corrected chi connectivity index (χ4v) is 2.28. The van der Waals surface area contributed by atoms with E-state index in [1.165, 1.54) is 6.07 Å². The molecule has 0 amide bonds. The highest BCUT2D eigenvalue weighted by molar-refractivity contribution is 5.98. The van der Waals surface area contributed by atoms with E-state index in [-0.39, 0.29) is 5.63 Å². The first-order valence-corrected chi connectivity index (χ1v) is 5.64. The lowest BCUT2D eigenvalue weighted by Crippen LogP contribution is -1.99. The summed E-state index contributed by atoms with van der Waals surface area (Å²) in [5.41, 5.74) is 3.06. The maximum Gasteiger partial charge on any atom is 0.336 e. The molecule has 0 radical (unpaired) electrons. The van der Waals surface area contributed by atoms with Gasteiger partial charge in [0, 0.05) is 22.4 Å². The van der Waals surface area contributed by atoms with E-state index < -0.39 is 0 Å². The largest absolute Gasteiger partial charge is 0.464 e. The maximum atomic E-state index is 11.4. The van der Waals surface area contributed by atoms with Gasteiger partial charge in [0.2, 0.25) is 0 Å². The van der Waals surface area contributed by atoms with Crippen molar-refractivity contribution in [3.63, 3.8) is 0 Å². The maximum absolute atomic E-state index is 11.4. The topological polar surface area (TPSA) is 43.4 Å². The number of hydrogen-bond donors (Lipinski definition) is 0. The number of benzene rings is 1. The Morgan fingerprint density at radius 2 is 2.06 bits per heavy atom. The molecule has 3 rings (SSSR count). The van der Waals surface area contributed by atoms with Crippen molar-refractivity contribution in [1.29, 1.82) is 0 Å². The van der Waals surface area contributed by atoms with Crippen molar-refractivity contribution < 1.29 is 8.83 Å². The Kier molecular flexibility index (Phi) is 2.08. The Labute approximate surface area is 97.7 Å². The molecular weight excluding hydrogens is 216 g/mol. The van der Waals surface area contributed by atoms with Crippen molar-refractivity contribution >= 4 is 21.9 Å². The Morgan fingerprint density at radius 1 is 1.24 bits per heavy atom. The third kappa shape index (κ3) is 1.39. The van der Waals surface area contributed by atoms with Crippen LogP contribution in [0.25, 0.3) is 21.9 Å². The standard InChI is InChI=1S/C14H12O3/c1-3-10-13-9(4-5-16-13)7-11-8(2)6-12(15)17-14(10)11/h4-7H,3H2,1-2H3. The van der Waals surface area contributed by atoms with Crippen LogP contribution in [0, 0.1) is 6.92 Å². The summed E-state index contributed by atoms with van der Waals surface area (Å²) in [5, 5.41) is 2.03. The molecule has 0 aliphatic carbocycles. The van der Waals surface area contributed by atoms with E-state index in [1.807, 2.05) is 26.0 Å². The molecule has 0 atom stereocenters. The second kappa shape index (κ2) is 3.48. The second-order valence-electron chi connectivity index (χ2n) is 4.17. The van der Waals surface area contributed by atoms with E-state index >= 15 is 0 Å². The van der Waals surface area contributed by atoms with Gasteiger partial charge < -0.3 is 8.83 Å². The predicted octanol–water partition coefficient (Wildman–Crippen LogP) is 3.41. The molecule has 0 bridgehead atoms. The van der Waals surface area contributed by atoms with Crippen molar-refractivity contribution in [2.24, 2.45) is 0 Å². The fourth-order valence-electron chi connectivity index (χ4n) is 2.28. The molecule has 0 N–H and O–H groups in total. The van der Waals surface area contributed by atoms with Crippen LogP contribution in [0.15, 0.2) is 38.1 Å². The second-order valence-corrected chi connectivity index (χ2v) is 4.17. The van der Waals surface area contributed by atoms with E-state index in [2.05, 4.69) is 0 Å². The molecule has 3 aromatic rings. The molecule has 1 aromatic carbocycles. The smallest absolute Gasteiger partial charge is 0.336 e. The Balaban J connectivity index is 2.63. The monoisotopic (exact) mass is 228 g/mol. The summed E-state index contributed by atoms with van der Waals surface area (Å²) >= 11 is 0. The average molecular weight is 228 g/mol. The molecule has 0 unspecified atom stereocenters. The van der Waals surface area contributed by atoms with Crippen LogP contribution >= 0.6 is 0 Å². The zero-order valence-corrected chi connectivity index (χ0v) is 9.74. The highest BCUT2D eigenvalue weighted by Gasteiger charge is 2.13. The minimum atomic E-state index is -0.310. The first-order chi connectivity index (χ1) is 8.20. The summed E-state index contributed by atoms with van der Waals surface area (Å²) in [6, 6.07) is 5.46. The molecule has 2 heterocycles. The van der Waals surface area contributed by atoms with Gasteiger partial charge in [-0.05, 0) is 31.0 Å². The quantitative estimate of drug-likeness (QED) is 0.599. The summed E-state index contributed by atoms with van der Waals surface area (Å²) in [4.78, 5) is 11.4. The van der Waals surface area contributed by atoms with Crippen molar-refractivity contribution in [1.82, 2.24) is 0 Å². The van der Waals surface area contributed by atoms with Crippen LogP contribution < -0.4 is 5.63 Å². The third-order valence-corrected chi connectivity index (χ3v) is 3.10. The average Bonchev–Trinajstić information content (AvgIpc) is 2.74. The molecule has 0 aliphatic rings. The van der Waals surface area contributed by atoms with Gasteiger partial charge in [0.05, 0.1) is 6.26 Å². The van der Waals surface area contributed by atoms with E-state index in [4.69, 9.17) is 8.83 Å². The Hall–Kier alpha value is -2.03. The third-order valence-electron chi connectivity index (χ3n) is 3.10. The number of aryl methyl sites for hydroxylation is 2.